The number of carbonyl (C=O) groups is 1. The van der Waals surface area contributed by atoms with Crippen molar-refractivity contribution in [1.29, 1.82) is 0 Å². The van der Waals surface area contributed by atoms with Crippen molar-refractivity contribution in [2.75, 3.05) is 13.6 Å². The number of ether oxygens (including phenoxy) is 3. The maximum Gasteiger partial charge on any atom is 0.343 e. The van der Waals surface area contributed by atoms with E-state index in [1.807, 2.05) is 67.7 Å². The van der Waals surface area contributed by atoms with E-state index in [0.717, 1.165) is 32.7 Å². The van der Waals surface area contributed by atoms with Crippen molar-refractivity contribution in [3.05, 3.63) is 95.7 Å². The molecule has 12 heteroatoms. The van der Waals surface area contributed by atoms with Crippen LogP contribution in [0.2, 0.25) is 0 Å². The lowest BCUT2D eigenvalue weighted by atomic mass is 9.46. The minimum atomic E-state index is -2.62. The first-order chi connectivity index (χ1) is 26.5. The number of phenols is 1. The maximum atomic E-state index is 14.7. The Morgan fingerprint density at radius 1 is 1.00 bits per heavy atom. The minimum Gasteiger partial charge on any atom is -0.508 e. The quantitative estimate of drug-likeness (QED) is 0.0692. The predicted octanol–water partition coefficient (Wildman–Crippen LogP) is 3.32. The van der Waals surface area contributed by atoms with Crippen molar-refractivity contribution in [2.24, 2.45) is 23.7 Å². The zero-order valence-corrected chi connectivity index (χ0v) is 30.2. The molecule has 1 aromatic heterocycles. The second-order valence-electron chi connectivity index (χ2n) is 16.3. The molecule has 5 aromatic rings. The van der Waals surface area contributed by atoms with E-state index in [4.69, 9.17) is 14.2 Å². The molecule has 4 aromatic carbocycles. The first-order valence-corrected chi connectivity index (χ1v) is 19.1. The molecular weight excluding hydrogens is 704 g/mol. The van der Waals surface area contributed by atoms with Crippen LogP contribution in [0.4, 0.5) is 0 Å². The molecule has 4 fully saturated rings. The molecule has 11 atom stereocenters. The van der Waals surface area contributed by atoms with Crippen LogP contribution in [0.25, 0.3) is 32.4 Å². The van der Waals surface area contributed by atoms with Crippen LogP contribution in [0.5, 0.6) is 11.5 Å². The normalized spacial score (nSPS) is 36.2. The number of H-pyrrole nitrogens is 1. The topological polar surface area (TPSA) is 194 Å². The van der Waals surface area contributed by atoms with E-state index in [2.05, 4.69) is 10.3 Å². The number of nitrogens with one attached hydrogen (secondary N) is 2. The average Bonchev–Trinajstić information content (AvgIpc) is 3.65. The fraction of sp³-hybridized carbons (Fsp3) is 0.419. The van der Waals surface area contributed by atoms with E-state index < -0.39 is 71.7 Å². The Balaban J connectivity index is 1.09. The van der Waals surface area contributed by atoms with Gasteiger partial charge in [0.15, 0.2) is 17.5 Å². The molecule has 11 unspecified atom stereocenters. The fourth-order valence-electron chi connectivity index (χ4n) is 11.2. The van der Waals surface area contributed by atoms with Crippen molar-refractivity contribution in [3.8, 4) is 11.5 Å². The molecular formula is C43H44N2O10. The number of aliphatic hydroxyl groups excluding tert-OH is 3. The molecule has 286 valence electrons. The van der Waals surface area contributed by atoms with Crippen LogP contribution in [-0.4, -0.2) is 96.6 Å². The van der Waals surface area contributed by atoms with Gasteiger partial charge < -0.3 is 55.2 Å². The Hall–Kier alpha value is -4.37. The number of benzene rings is 4. The number of esters is 1. The van der Waals surface area contributed by atoms with E-state index in [-0.39, 0.29) is 23.1 Å². The van der Waals surface area contributed by atoms with Crippen molar-refractivity contribution in [1.82, 2.24) is 10.3 Å². The molecule has 3 heterocycles. The van der Waals surface area contributed by atoms with Gasteiger partial charge in [0, 0.05) is 18.4 Å². The Morgan fingerprint density at radius 2 is 1.76 bits per heavy atom. The summed E-state index contributed by atoms with van der Waals surface area (Å²) in [6.07, 6.45) is -2.46. The fourth-order valence-corrected chi connectivity index (χ4v) is 11.2. The van der Waals surface area contributed by atoms with Crippen LogP contribution < -0.4 is 10.1 Å². The Labute approximate surface area is 316 Å². The molecule has 12 nitrogen and oxygen atoms in total. The third-order valence-electron chi connectivity index (χ3n) is 13.6. The summed E-state index contributed by atoms with van der Waals surface area (Å²) in [4.78, 5) is 17.8. The van der Waals surface area contributed by atoms with E-state index >= 15 is 0 Å². The highest BCUT2D eigenvalue weighted by Crippen LogP contribution is 2.68. The first kappa shape index (κ1) is 35.1. The largest absolute Gasteiger partial charge is 0.508 e. The summed E-state index contributed by atoms with van der Waals surface area (Å²) in [6.45, 7) is 0.0171. The molecule has 2 saturated carbocycles. The lowest BCUT2D eigenvalue weighted by Crippen LogP contribution is -2.79. The van der Waals surface area contributed by atoms with Crippen LogP contribution in [0.3, 0.4) is 0 Å². The molecule has 0 spiro atoms. The van der Waals surface area contributed by atoms with Gasteiger partial charge in [-0.3, -0.25) is 0 Å². The molecule has 2 saturated heterocycles. The van der Waals surface area contributed by atoms with E-state index in [9.17, 15) is 35.4 Å². The zero-order valence-electron chi connectivity index (χ0n) is 30.2. The van der Waals surface area contributed by atoms with Gasteiger partial charge in [0.1, 0.15) is 18.0 Å². The summed E-state index contributed by atoms with van der Waals surface area (Å²) in [5, 5.41) is 76.8. The van der Waals surface area contributed by atoms with Crippen LogP contribution in [-0.2, 0) is 27.3 Å². The Bertz CT molecular complexity index is 2390. The van der Waals surface area contributed by atoms with Crippen molar-refractivity contribution in [3.63, 3.8) is 0 Å². The number of rotatable bonds is 7. The van der Waals surface area contributed by atoms with Crippen molar-refractivity contribution in [2.45, 2.75) is 73.7 Å². The molecule has 0 amide bonds. The van der Waals surface area contributed by atoms with Gasteiger partial charge in [-0.05, 0) is 102 Å². The average molecular weight is 749 g/mol. The predicted molar refractivity (Wildman–Crippen MR) is 201 cm³/mol. The number of aromatic hydroxyl groups is 1. The van der Waals surface area contributed by atoms with Gasteiger partial charge in [-0.15, -0.1) is 0 Å². The highest BCUT2D eigenvalue weighted by Gasteiger charge is 2.82. The van der Waals surface area contributed by atoms with Crippen LogP contribution in [0, 0.1) is 23.7 Å². The van der Waals surface area contributed by atoms with Gasteiger partial charge in [0.05, 0.1) is 34.9 Å². The van der Waals surface area contributed by atoms with E-state index in [0.29, 0.717) is 43.1 Å². The van der Waals surface area contributed by atoms with Gasteiger partial charge in [-0.25, -0.2) is 4.79 Å². The number of phenolic OH excluding ortho intramolecular Hbond substituents is 1. The second-order valence-corrected chi connectivity index (χ2v) is 16.3. The molecule has 10 rings (SSSR count). The van der Waals surface area contributed by atoms with Crippen LogP contribution in [0.15, 0.2) is 84.4 Å². The van der Waals surface area contributed by atoms with Crippen molar-refractivity contribution >= 4 is 38.4 Å². The molecule has 2 bridgehead atoms. The minimum absolute atomic E-state index is 0.0837. The van der Waals surface area contributed by atoms with E-state index in [1.54, 1.807) is 18.2 Å². The molecule has 8 N–H and O–H groups in total. The standard InChI is InChI=1S/C43H44N2O10/c1-44-19-26-17-29-35-25-12-13-41(29,30(36(26)49)14-21-6-9-27(47)10-7-21)55-39-38(54-43(52,33(48)18-25)42(35,39)51)40(50)53-37-32(20-46)45-31-11-8-24-15-22-4-2-3-5-23(22)16-28(24)34(31)37/h2-11,15-16,18,26,29-30,33,35-36,38-39,44-49,51-52H,12-14,17,19-20H2,1H3. The van der Waals surface area contributed by atoms with Gasteiger partial charge in [0.2, 0.25) is 5.79 Å². The van der Waals surface area contributed by atoms with Crippen molar-refractivity contribution < 1.29 is 49.6 Å². The molecule has 2 aliphatic heterocycles. The third-order valence-corrected chi connectivity index (χ3v) is 13.6. The zero-order chi connectivity index (χ0) is 38.0. The molecule has 5 aliphatic rings. The number of fused-ring (bicyclic) bond motifs is 4. The van der Waals surface area contributed by atoms with Crippen LogP contribution >= 0.6 is 0 Å². The highest BCUT2D eigenvalue weighted by molar-refractivity contribution is 6.14. The van der Waals surface area contributed by atoms with Gasteiger partial charge >= 0.3 is 5.97 Å². The maximum absolute atomic E-state index is 14.7. The summed E-state index contributed by atoms with van der Waals surface area (Å²) >= 11 is 0. The van der Waals surface area contributed by atoms with Gasteiger partial charge in [-0.2, -0.15) is 0 Å². The van der Waals surface area contributed by atoms with Gasteiger partial charge in [-0.1, -0.05) is 54.1 Å². The Morgan fingerprint density at radius 3 is 2.51 bits per heavy atom. The molecule has 3 aliphatic carbocycles. The number of hydrogen-bond acceptors (Lipinski definition) is 11. The van der Waals surface area contributed by atoms with Crippen LogP contribution in [0.1, 0.15) is 30.5 Å². The third kappa shape index (κ3) is 4.77. The van der Waals surface area contributed by atoms with Gasteiger partial charge in [0.25, 0.3) is 0 Å². The number of carbonyl (C=O) groups excluding carboxylic acids is 1. The summed E-state index contributed by atoms with van der Waals surface area (Å²) in [5.74, 6) is -5.31. The number of aromatic amines is 1. The molecule has 55 heavy (non-hydrogen) atoms. The summed E-state index contributed by atoms with van der Waals surface area (Å²) in [7, 11) is 1.82. The SMILES string of the molecule is CNCC1CC2C3C4=CC(O)C5(O)OC(C(=O)Oc6c(CO)[nH]c7ccc8cc9ccccc9cc8c67)C(OC2(CC4)C(Cc2ccc(O)cc2)C1O)C35O. The highest BCUT2D eigenvalue weighted by atomic mass is 16.7. The smallest absolute Gasteiger partial charge is 0.343 e. The molecule has 0 radical (unpaired) electrons. The first-order valence-electron chi connectivity index (χ1n) is 19.1. The second kappa shape index (κ2) is 12.3. The summed E-state index contributed by atoms with van der Waals surface area (Å²) < 4.78 is 19.5. The summed E-state index contributed by atoms with van der Waals surface area (Å²) in [5.41, 5.74) is -0.809. The number of aromatic nitrogens is 1. The number of aliphatic hydroxyl groups is 5. The number of hydrogen-bond donors (Lipinski definition) is 8. The summed E-state index contributed by atoms with van der Waals surface area (Å²) in [6, 6.07) is 22.6. The lowest BCUT2D eigenvalue weighted by Gasteiger charge is -2.67. The lowest BCUT2D eigenvalue weighted by molar-refractivity contribution is -0.366. The van der Waals surface area contributed by atoms with E-state index in [1.165, 1.54) is 0 Å². The Kier molecular flexibility index (Phi) is 7.85. The monoisotopic (exact) mass is 748 g/mol.